The Balaban J connectivity index is 2.16. The predicted molar refractivity (Wildman–Crippen MR) is 85.5 cm³/mol. The average Bonchev–Trinajstić information content (AvgIpc) is 3.04. The third-order valence-electron chi connectivity index (χ3n) is 4.02. The van der Waals surface area contributed by atoms with Gasteiger partial charge in [0.15, 0.2) is 0 Å². The van der Waals surface area contributed by atoms with Gasteiger partial charge in [0.1, 0.15) is 11.5 Å². The van der Waals surface area contributed by atoms with E-state index < -0.39 is 0 Å². The molecule has 2 aromatic heterocycles. The van der Waals surface area contributed by atoms with Crippen LogP contribution < -0.4 is 5.32 Å². The number of likely N-dealkylation sites (N-methyl/N-ethyl adjacent to an activating group) is 1. The monoisotopic (exact) mass is 289 g/mol. The van der Waals surface area contributed by atoms with Crippen molar-refractivity contribution in [2.75, 3.05) is 6.54 Å². The van der Waals surface area contributed by atoms with Crippen LogP contribution in [0, 0.1) is 13.8 Å². The van der Waals surface area contributed by atoms with Crippen LogP contribution in [0.25, 0.3) is 0 Å². The topological polar surface area (TPSA) is 43.0 Å². The molecule has 2 atom stereocenters. The average molecular weight is 289 g/mol. The van der Waals surface area contributed by atoms with Crippen molar-refractivity contribution in [1.29, 1.82) is 0 Å². The second-order valence-electron chi connectivity index (χ2n) is 5.73. The molecule has 0 spiro atoms. The summed E-state index contributed by atoms with van der Waals surface area (Å²) in [6.45, 7) is 11.5. The van der Waals surface area contributed by atoms with E-state index >= 15 is 0 Å². The van der Waals surface area contributed by atoms with Crippen LogP contribution >= 0.6 is 0 Å². The maximum atomic E-state index is 5.67. The van der Waals surface area contributed by atoms with E-state index in [0.717, 1.165) is 36.6 Å². The Labute approximate surface area is 127 Å². The van der Waals surface area contributed by atoms with Crippen molar-refractivity contribution in [2.45, 2.75) is 59.5 Å². The molecule has 0 aliphatic carbocycles. The molecule has 0 aliphatic heterocycles. The molecule has 2 heterocycles. The Kier molecular flexibility index (Phi) is 5.23. The van der Waals surface area contributed by atoms with Gasteiger partial charge >= 0.3 is 0 Å². The van der Waals surface area contributed by atoms with E-state index in [-0.39, 0.29) is 6.04 Å². The molecule has 0 saturated carbocycles. The van der Waals surface area contributed by atoms with Gasteiger partial charge in [-0.1, -0.05) is 13.8 Å². The third-order valence-corrected chi connectivity index (χ3v) is 4.02. The number of aromatic nitrogens is 2. The van der Waals surface area contributed by atoms with E-state index in [0.29, 0.717) is 6.04 Å². The molecule has 1 N–H and O–H groups in total. The molecule has 0 aromatic carbocycles. The van der Waals surface area contributed by atoms with Crippen LogP contribution in [0.5, 0.6) is 0 Å². The fraction of sp³-hybridized carbons (Fsp3) is 0.588. The summed E-state index contributed by atoms with van der Waals surface area (Å²) in [7, 11) is 0. The zero-order valence-electron chi connectivity index (χ0n) is 13.8. The number of hydrogen-bond donors (Lipinski definition) is 1. The van der Waals surface area contributed by atoms with Gasteiger partial charge in [0.2, 0.25) is 0 Å². The summed E-state index contributed by atoms with van der Waals surface area (Å²) >= 11 is 0. The minimum Gasteiger partial charge on any atom is -0.466 e. The van der Waals surface area contributed by atoms with Crippen molar-refractivity contribution in [3.63, 3.8) is 0 Å². The van der Waals surface area contributed by atoms with E-state index in [1.54, 1.807) is 0 Å². The van der Waals surface area contributed by atoms with Crippen LogP contribution in [0.3, 0.4) is 0 Å². The third kappa shape index (κ3) is 3.76. The lowest BCUT2D eigenvalue weighted by atomic mass is 10.0. The highest BCUT2D eigenvalue weighted by molar-refractivity contribution is 5.25. The first-order valence-corrected chi connectivity index (χ1v) is 7.89. The summed E-state index contributed by atoms with van der Waals surface area (Å²) in [6.07, 6.45) is 4.06. The fourth-order valence-corrected chi connectivity index (χ4v) is 2.66. The van der Waals surface area contributed by atoms with Crippen molar-refractivity contribution in [1.82, 2.24) is 15.1 Å². The van der Waals surface area contributed by atoms with Crippen molar-refractivity contribution < 1.29 is 4.42 Å². The molecule has 0 saturated heterocycles. The molecular formula is C17H27N3O. The van der Waals surface area contributed by atoms with Crippen LogP contribution in [0.2, 0.25) is 0 Å². The zero-order chi connectivity index (χ0) is 15.4. The quantitative estimate of drug-likeness (QED) is 0.839. The predicted octanol–water partition coefficient (Wildman–Crippen LogP) is 3.96. The van der Waals surface area contributed by atoms with Gasteiger partial charge in [-0.25, -0.2) is 0 Å². The van der Waals surface area contributed by atoms with Crippen LogP contribution in [0.4, 0.5) is 0 Å². The fourth-order valence-electron chi connectivity index (χ4n) is 2.66. The summed E-state index contributed by atoms with van der Waals surface area (Å²) in [4.78, 5) is 0. The van der Waals surface area contributed by atoms with E-state index in [1.165, 1.54) is 5.56 Å². The van der Waals surface area contributed by atoms with Gasteiger partial charge in [0, 0.05) is 30.3 Å². The summed E-state index contributed by atoms with van der Waals surface area (Å²) < 4.78 is 7.74. The summed E-state index contributed by atoms with van der Waals surface area (Å²) in [5.74, 6) is 1.97. The maximum absolute atomic E-state index is 5.67. The van der Waals surface area contributed by atoms with Crippen molar-refractivity contribution in [3.8, 4) is 0 Å². The van der Waals surface area contributed by atoms with E-state index in [9.17, 15) is 0 Å². The normalized spacial score (nSPS) is 14.3. The molecule has 116 valence electrons. The van der Waals surface area contributed by atoms with Crippen LogP contribution in [-0.4, -0.2) is 16.3 Å². The molecule has 2 rings (SSSR count). The largest absolute Gasteiger partial charge is 0.466 e. The number of rotatable bonds is 7. The van der Waals surface area contributed by atoms with Crippen molar-refractivity contribution in [2.24, 2.45) is 0 Å². The first-order valence-electron chi connectivity index (χ1n) is 7.89. The van der Waals surface area contributed by atoms with Crippen molar-refractivity contribution >= 4 is 0 Å². The number of furan rings is 1. The molecule has 0 fully saturated rings. The highest BCUT2D eigenvalue weighted by Gasteiger charge is 2.18. The minimum atomic E-state index is 0.257. The Morgan fingerprint density at radius 2 is 2.10 bits per heavy atom. The first-order chi connectivity index (χ1) is 10.0. The van der Waals surface area contributed by atoms with Gasteiger partial charge in [0.05, 0.1) is 5.69 Å². The lowest BCUT2D eigenvalue weighted by molar-refractivity contribution is 0.462. The SMILES string of the molecule is CCNC(Cc1ccn(C(C)CC)n1)c1cc(C)oc1C. The highest BCUT2D eigenvalue weighted by Crippen LogP contribution is 2.24. The molecule has 0 radical (unpaired) electrons. The number of hydrogen-bond acceptors (Lipinski definition) is 3. The lowest BCUT2D eigenvalue weighted by Crippen LogP contribution is -2.23. The molecule has 2 aromatic rings. The van der Waals surface area contributed by atoms with Crippen LogP contribution in [0.15, 0.2) is 22.7 Å². The highest BCUT2D eigenvalue weighted by atomic mass is 16.3. The molecule has 2 unspecified atom stereocenters. The maximum Gasteiger partial charge on any atom is 0.105 e. The Morgan fingerprint density at radius 3 is 2.67 bits per heavy atom. The summed E-state index contributed by atoms with van der Waals surface area (Å²) in [5, 5.41) is 8.26. The standard InChI is InChI=1S/C17H27N3O/c1-6-12(3)20-9-8-15(19-20)11-17(18-7-2)16-10-13(4)21-14(16)5/h8-10,12,17-18H,6-7,11H2,1-5H3. The van der Waals surface area contributed by atoms with Gasteiger partial charge in [-0.3, -0.25) is 4.68 Å². The first kappa shape index (κ1) is 15.8. The van der Waals surface area contributed by atoms with E-state index in [2.05, 4.69) is 49.1 Å². The molecule has 0 bridgehead atoms. The van der Waals surface area contributed by atoms with Gasteiger partial charge in [0.25, 0.3) is 0 Å². The van der Waals surface area contributed by atoms with Gasteiger partial charge in [-0.05, 0) is 45.9 Å². The second kappa shape index (κ2) is 6.94. The molecule has 4 nitrogen and oxygen atoms in total. The second-order valence-corrected chi connectivity index (χ2v) is 5.73. The molecular weight excluding hydrogens is 262 g/mol. The Morgan fingerprint density at radius 1 is 1.33 bits per heavy atom. The van der Waals surface area contributed by atoms with Crippen molar-refractivity contribution in [3.05, 3.63) is 41.1 Å². The van der Waals surface area contributed by atoms with Crippen LogP contribution in [0.1, 0.15) is 62.1 Å². The molecule has 0 aliphatic rings. The number of nitrogens with one attached hydrogen (secondary N) is 1. The molecule has 21 heavy (non-hydrogen) atoms. The van der Waals surface area contributed by atoms with Gasteiger partial charge < -0.3 is 9.73 Å². The lowest BCUT2D eigenvalue weighted by Gasteiger charge is -2.16. The summed E-state index contributed by atoms with van der Waals surface area (Å²) in [6, 6.07) is 4.97. The number of aryl methyl sites for hydroxylation is 2. The van der Waals surface area contributed by atoms with E-state index in [1.807, 2.05) is 13.8 Å². The molecule has 4 heteroatoms. The molecule has 0 amide bonds. The van der Waals surface area contributed by atoms with Gasteiger partial charge in [-0.2, -0.15) is 5.10 Å². The zero-order valence-corrected chi connectivity index (χ0v) is 13.8. The summed E-state index contributed by atoms with van der Waals surface area (Å²) in [5.41, 5.74) is 2.37. The van der Waals surface area contributed by atoms with Gasteiger partial charge in [-0.15, -0.1) is 0 Å². The smallest absolute Gasteiger partial charge is 0.105 e. The number of nitrogens with zero attached hydrogens (tertiary/aromatic N) is 2. The van der Waals surface area contributed by atoms with E-state index in [4.69, 9.17) is 9.52 Å². The Bertz CT molecular complexity index is 570. The van der Waals surface area contributed by atoms with Crippen LogP contribution in [-0.2, 0) is 6.42 Å². The Hall–Kier alpha value is -1.55. The minimum absolute atomic E-state index is 0.257.